The highest BCUT2D eigenvalue weighted by Gasteiger charge is 2.17. The van der Waals surface area contributed by atoms with Crippen LogP contribution in [-0.4, -0.2) is 16.7 Å². The summed E-state index contributed by atoms with van der Waals surface area (Å²) in [6.07, 6.45) is 2.64. The Morgan fingerprint density at radius 1 is 1.03 bits per heavy atom. The van der Waals surface area contributed by atoms with E-state index in [1.807, 2.05) is 55.5 Å². The maximum Gasteiger partial charge on any atom is 0.263 e. The zero-order chi connectivity index (χ0) is 22.8. The molecule has 0 aliphatic heterocycles. The lowest BCUT2D eigenvalue weighted by molar-refractivity contribution is 0.398. The van der Waals surface area contributed by atoms with Crippen molar-refractivity contribution in [3.63, 3.8) is 0 Å². The average Bonchev–Trinajstić information content (AvgIpc) is 2.78. The molecule has 1 atom stereocenters. The van der Waals surface area contributed by atoms with Gasteiger partial charge in [-0.15, -0.1) is 0 Å². The fourth-order valence-corrected chi connectivity index (χ4v) is 4.21. The van der Waals surface area contributed by atoms with E-state index in [1.165, 1.54) is 5.56 Å². The summed E-state index contributed by atoms with van der Waals surface area (Å²) in [6, 6.07) is 19.5. The van der Waals surface area contributed by atoms with Crippen LogP contribution < -0.4 is 16.0 Å². The molecule has 0 fully saturated rings. The van der Waals surface area contributed by atoms with E-state index in [4.69, 9.17) is 10.5 Å². The topological polar surface area (TPSA) is 70.1 Å². The molecule has 0 saturated heterocycles. The Balaban J connectivity index is 2.02. The lowest BCUT2D eigenvalue weighted by atomic mass is 9.98. The van der Waals surface area contributed by atoms with E-state index < -0.39 is 0 Å². The second kappa shape index (κ2) is 8.97. The van der Waals surface area contributed by atoms with Crippen molar-refractivity contribution in [2.24, 2.45) is 11.7 Å². The van der Waals surface area contributed by atoms with Gasteiger partial charge in [0, 0.05) is 29.7 Å². The molecule has 4 rings (SSSR count). The Labute approximate surface area is 188 Å². The highest BCUT2D eigenvalue weighted by atomic mass is 16.5. The van der Waals surface area contributed by atoms with E-state index in [2.05, 4.69) is 31.0 Å². The molecule has 0 aliphatic rings. The number of methoxy groups -OCH3 is 1. The Hall–Kier alpha value is -3.44. The van der Waals surface area contributed by atoms with Crippen LogP contribution in [0.1, 0.15) is 38.1 Å². The van der Waals surface area contributed by atoms with Crippen LogP contribution in [0.3, 0.4) is 0 Å². The average molecular weight is 428 g/mol. The minimum absolute atomic E-state index is 0.0807. The van der Waals surface area contributed by atoms with E-state index in [0.29, 0.717) is 17.2 Å². The minimum atomic E-state index is -0.300. The lowest BCUT2D eigenvalue weighted by Crippen LogP contribution is -2.26. The van der Waals surface area contributed by atoms with Gasteiger partial charge in [0.2, 0.25) is 5.88 Å². The molecule has 0 bridgehead atoms. The van der Waals surface area contributed by atoms with Crippen molar-refractivity contribution in [2.45, 2.75) is 33.2 Å². The van der Waals surface area contributed by atoms with E-state index in [-0.39, 0.29) is 11.6 Å². The van der Waals surface area contributed by atoms with Gasteiger partial charge in [0.1, 0.15) is 0 Å². The van der Waals surface area contributed by atoms with Crippen LogP contribution >= 0.6 is 0 Å². The van der Waals surface area contributed by atoms with E-state index in [9.17, 15) is 4.79 Å². The van der Waals surface area contributed by atoms with Crippen molar-refractivity contribution in [3.05, 3.63) is 88.5 Å². The molecule has 0 radical (unpaired) electrons. The Morgan fingerprint density at radius 2 is 1.81 bits per heavy atom. The Morgan fingerprint density at radius 3 is 2.53 bits per heavy atom. The van der Waals surface area contributed by atoms with E-state index in [1.54, 1.807) is 17.9 Å². The number of nitrogens with zero attached hydrogens (tertiary/aromatic N) is 2. The third-order valence-corrected chi connectivity index (χ3v) is 5.61. The molecule has 0 saturated carbocycles. The second-order valence-electron chi connectivity index (χ2n) is 8.62. The van der Waals surface area contributed by atoms with E-state index >= 15 is 0 Å². The monoisotopic (exact) mass is 427 g/mol. The Kier molecular flexibility index (Phi) is 6.10. The maximum absolute atomic E-state index is 14.0. The largest absolute Gasteiger partial charge is 0.481 e. The standard InChI is InChI=1S/C27H29N3O2/c1-17(2)13-19-7-5-9-22(14-19)30-24(18(3)28)15-21-8-6-10-23(26(21)27(30)31)20-11-12-29-25(16-20)32-4/h5-12,14-18H,13,28H2,1-4H3/t18-/m0/s1. The summed E-state index contributed by atoms with van der Waals surface area (Å²) in [5.41, 5.74) is 10.8. The van der Waals surface area contributed by atoms with Gasteiger partial charge >= 0.3 is 0 Å². The van der Waals surface area contributed by atoms with Crippen LogP contribution in [0.2, 0.25) is 0 Å². The lowest BCUT2D eigenvalue weighted by Gasteiger charge is -2.19. The molecule has 164 valence electrons. The number of hydrogen-bond donors (Lipinski definition) is 1. The van der Waals surface area contributed by atoms with Crippen molar-refractivity contribution in [2.75, 3.05) is 7.11 Å². The van der Waals surface area contributed by atoms with Crippen molar-refractivity contribution >= 4 is 10.8 Å². The van der Waals surface area contributed by atoms with Crippen LogP contribution in [-0.2, 0) is 6.42 Å². The van der Waals surface area contributed by atoms with Gasteiger partial charge in [0.15, 0.2) is 0 Å². The van der Waals surface area contributed by atoms with Gasteiger partial charge < -0.3 is 10.5 Å². The zero-order valence-corrected chi connectivity index (χ0v) is 19.0. The molecule has 0 unspecified atom stereocenters. The summed E-state index contributed by atoms with van der Waals surface area (Å²) in [4.78, 5) is 18.2. The number of hydrogen-bond acceptors (Lipinski definition) is 4. The molecule has 2 heterocycles. The number of ether oxygens (including phenoxy) is 1. The number of benzene rings is 2. The molecule has 0 aliphatic carbocycles. The highest BCUT2D eigenvalue weighted by molar-refractivity contribution is 5.96. The molecule has 2 aromatic carbocycles. The second-order valence-corrected chi connectivity index (χ2v) is 8.62. The van der Waals surface area contributed by atoms with Gasteiger partial charge in [-0.25, -0.2) is 4.98 Å². The number of rotatable bonds is 6. The highest BCUT2D eigenvalue weighted by Crippen LogP contribution is 2.30. The van der Waals surface area contributed by atoms with Crippen molar-refractivity contribution in [3.8, 4) is 22.7 Å². The smallest absolute Gasteiger partial charge is 0.263 e. The van der Waals surface area contributed by atoms with Crippen molar-refractivity contribution < 1.29 is 4.74 Å². The first-order chi connectivity index (χ1) is 15.4. The number of fused-ring (bicyclic) bond motifs is 1. The summed E-state index contributed by atoms with van der Waals surface area (Å²) < 4.78 is 7.06. The van der Waals surface area contributed by atoms with Crippen LogP contribution in [0, 0.1) is 5.92 Å². The van der Waals surface area contributed by atoms with Crippen molar-refractivity contribution in [1.29, 1.82) is 0 Å². The molecule has 5 nitrogen and oxygen atoms in total. The molecule has 5 heteroatoms. The number of aromatic nitrogens is 2. The quantitative estimate of drug-likeness (QED) is 0.454. The van der Waals surface area contributed by atoms with Gasteiger partial charge in [-0.1, -0.05) is 44.2 Å². The molecule has 2 N–H and O–H groups in total. The first kappa shape index (κ1) is 21.8. The van der Waals surface area contributed by atoms with Crippen LogP contribution in [0.15, 0.2) is 71.7 Å². The minimum Gasteiger partial charge on any atom is -0.481 e. The zero-order valence-electron chi connectivity index (χ0n) is 19.0. The number of nitrogens with two attached hydrogens (primary N) is 1. The van der Waals surface area contributed by atoms with Crippen LogP contribution in [0.5, 0.6) is 5.88 Å². The predicted octanol–water partition coefficient (Wildman–Crippen LogP) is 5.28. The van der Waals surface area contributed by atoms with E-state index in [0.717, 1.165) is 34.3 Å². The third kappa shape index (κ3) is 4.16. The fraction of sp³-hybridized carbons (Fsp3) is 0.259. The predicted molar refractivity (Wildman–Crippen MR) is 130 cm³/mol. The molecule has 2 aromatic heterocycles. The summed E-state index contributed by atoms with van der Waals surface area (Å²) >= 11 is 0. The van der Waals surface area contributed by atoms with Gasteiger partial charge in [-0.05, 0) is 65.6 Å². The summed E-state index contributed by atoms with van der Waals surface area (Å²) in [5.74, 6) is 1.04. The van der Waals surface area contributed by atoms with Gasteiger partial charge in [0.05, 0.1) is 12.5 Å². The van der Waals surface area contributed by atoms with Gasteiger partial charge in [-0.3, -0.25) is 9.36 Å². The molecule has 32 heavy (non-hydrogen) atoms. The SMILES string of the molecule is COc1cc(-c2cccc3cc([C@H](C)N)n(-c4cccc(CC(C)C)c4)c(=O)c23)ccn1. The molecule has 0 amide bonds. The fourth-order valence-electron chi connectivity index (χ4n) is 4.21. The van der Waals surface area contributed by atoms with Gasteiger partial charge in [-0.2, -0.15) is 0 Å². The summed E-state index contributed by atoms with van der Waals surface area (Å²) in [6.45, 7) is 6.29. The normalized spacial score (nSPS) is 12.3. The van der Waals surface area contributed by atoms with Gasteiger partial charge in [0.25, 0.3) is 5.56 Å². The first-order valence-electron chi connectivity index (χ1n) is 10.9. The van der Waals surface area contributed by atoms with Crippen molar-refractivity contribution in [1.82, 2.24) is 9.55 Å². The number of pyridine rings is 2. The summed E-state index contributed by atoms with van der Waals surface area (Å²) in [5, 5.41) is 1.52. The third-order valence-electron chi connectivity index (χ3n) is 5.61. The first-order valence-corrected chi connectivity index (χ1v) is 10.9. The molecular formula is C27H29N3O2. The molecule has 0 spiro atoms. The maximum atomic E-state index is 14.0. The Bertz CT molecular complexity index is 1320. The molecule has 4 aromatic rings. The van der Waals surface area contributed by atoms with Crippen LogP contribution in [0.4, 0.5) is 0 Å². The summed E-state index contributed by atoms with van der Waals surface area (Å²) in [7, 11) is 1.58. The van der Waals surface area contributed by atoms with Crippen LogP contribution in [0.25, 0.3) is 27.6 Å². The molecular weight excluding hydrogens is 398 g/mol.